The second-order valence-corrected chi connectivity index (χ2v) is 5.43. The maximum Gasteiger partial charge on any atom is 0.213 e. The number of nitrogens with zero attached hydrogens (tertiary/aromatic N) is 5. The minimum Gasteiger partial charge on any atom is -0.472 e. The van der Waals surface area contributed by atoms with Crippen molar-refractivity contribution in [2.45, 2.75) is 19.4 Å². The van der Waals surface area contributed by atoms with Crippen molar-refractivity contribution >= 4 is 5.69 Å². The lowest BCUT2D eigenvalue weighted by molar-refractivity contribution is 0.216. The summed E-state index contributed by atoms with van der Waals surface area (Å²) in [5, 5.41) is 18.0. The molecule has 2 aromatic heterocycles. The maximum atomic E-state index is 9.24. The van der Waals surface area contributed by atoms with Crippen LogP contribution in [0.3, 0.4) is 0 Å². The number of nitriles is 2. The van der Waals surface area contributed by atoms with Gasteiger partial charge in [0.1, 0.15) is 18.2 Å². The first kappa shape index (κ1) is 14.8. The Hall–Kier alpha value is -3.12. The summed E-state index contributed by atoms with van der Waals surface area (Å²) in [4.78, 5) is 10.4. The van der Waals surface area contributed by atoms with Gasteiger partial charge in [-0.1, -0.05) is 0 Å². The molecule has 114 valence electrons. The van der Waals surface area contributed by atoms with Gasteiger partial charge in [0.25, 0.3) is 0 Å². The van der Waals surface area contributed by atoms with E-state index < -0.39 is 0 Å². The highest BCUT2D eigenvalue weighted by Gasteiger charge is 2.26. The standard InChI is InChI=1S/C17H15N5O/c1-12-6-16(14(8-19)10-20-12)22-5-4-15(11-22)23-17-3-2-13(7-18)9-21-17/h2-3,6,9-10,15H,4-5,11H2,1H3. The van der Waals surface area contributed by atoms with E-state index in [1.165, 1.54) is 6.20 Å². The number of aryl methyl sites for hydroxylation is 1. The largest absolute Gasteiger partial charge is 0.472 e. The number of hydrogen-bond acceptors (Lipinski definition) is 6. The van der Waals surface area contributed by atoms with Crippen molar-refractivity contribution in [3.8, 4) is 18.0 Å². The van der Waals surface area contributed by atoms with Crippen LogP contribution < -0.4 is 9.64 Å². The van der Waals surface area contributed by atoms with E-state index in [1.807, 2.05) is 19.1 Å². The molecule has 6 heteroatoms. The second-order valence-electron chi connectivity index (χ2n) is 5.43. The molecule has 0 radical (unpaired) electrons. The average molecular weight is 305 g/mol. The molecular weight excluding hydrogens is 290 g/mol. The Morgan fingerprint density at radius 1 is 1.22 bits per heavy atom. The van der Waals surface area contributed by atoms with Crippen LogP contribution in [-0.2, 0) is 0 Å². The summed E-state index contributed by atoms with van der Waals surface area (Å²) in [6.45, 7) is 3.42. The van der Waals surface area contributed by atoms with Gasteiger partial charge in [-0.15, -0.1) is 0 Å². The van der Waals surface area contributed by atoms with Crippen LogP contribution >= 0.6 is 0 Å². The van der Waals surface area contributed by atoms with E-state index in [-0.39, 0.29) is 6.10 Å². The third-order valence-corrected chi connectivity index (χ3v) is 3.78. The summed E-state index contributed by atoms with van der Waals surface area (Å²) in [6.07, 6.45) is 3.98. The van der Waals surface area contributed by atoms with Gasteiger partial charge in [-0.2, -0.15) is 10.5 Å². The topological polar surface area (TPSA) is 85.8 Å². The van der Waals surface area contributed by atoms with E-state index in [0.29, 0.717) is 23.6 Å². The molecule has 0 aliphatic carbocycles. The summed E-state index contributed by atoms with van der Waals surface area (Å²) in [5.74, 6) is 0.516. The summed E-state index contributed by atoms with van der Waals surface area (Å²) in [7, 11) is 0. The Morgan fingerprint density at radius 2 is 2.09 bits per heavy atom. The number of ether oxygens (including phenoxy) is 1. The predicted octanol–water partition coefficient (Wildman–Crippen LogP) is 2.19. The molecule has 1 aliphatic rings. The molecule has 0 spiro atoms. The molecule has 1 unspecified atom stereocenters. The number of pyridine rings is 2. The normalized spacial score (nSPS) is 16.7. The summed E-state index contributed by atoms with van der Waals surface area (Å²) < 4.78 is 5.87. The summed E-state index contributed by atoms with van der Waals surface area (Å²) in [6, 6.07) is 9.55. The van der Waals surface area contributed by atoms with Gasteiger partial charge in [0, 0.05) is 37.1 Å². The van der Waals surface area contributed by atoms with Crippen molar-refractivity contribution in [2.24, 2.45) is 0 Å². The van der Waals surface area contributed by atoms with Crippen molar-refractivity contribution < 1.29 is 4.74 Å². The fourth-order valence-electron chi connectivity index (χ4n) is 2.62. The molecule has 0 bridgehead atoms. The third-order valence-electron chi connectivity index (χ3n) is 3.78. The summed E-state index contributed by atoms with van der Waals surface area (Å²) >= 11 is 0. The summed E-state index contributed by atoms with van der Waals surface area (Å²) in [5.41, 5.74) is 2.88. The van der Waals surface area contributed by atoms with E-state index >= 15 is 0 Å². The molecule has 0 amide bonds. The molecule has 1 atom stereocenters. The van der Waals surface area contributed by atoms with Crippen molar-refractivity contribution in [3.63, 3.8) is 0 Å². The van der Waals surface area contributed by atoms with Gasteiger partial charge >= 0.3 is 0 Å². The second kappa shape index (κ2) is 6.33. The molecule has 0 saturated carbocycles. The van der Waals surface area contributed by atoms with E-state index in [9.17, 15) is 5.26 Å². The molecule has 23 heavy (non-hydrogen) atoms. The van der Waals surface area contributed by atoms with Crippen molar-refractivity contribution in [2.75, 3.05) is 18.0 Å². The molecule has 2 aromatic rings. The van der Waals surface area contributed by atoms with Crippen LogP contribution in [0.5, 0.6) is 5.88 Å². The Morgan fingerprint density at radius 3 is 2.78 bits per heavy atom. The first-order chi connectivity index (χ1) is 11.2. The Balaban J connectivity index is 1.70. The van der Waals surface area contributed by atoms with Crippen LogP contribution in [-0.4, -0.2) is 29.2 Å². The molecule has 3 rings (SSSR count). The fraction of sp³-hybridized carbons (Fsp3) is 0.294. The third kappa shape index (κ3) is 3.22. The lowest BCUT2D eigenvalue weighted by Crippen LogP contribution is -2.25. The molecule has 1 fully saturated rings. The Labute approximate surface area is 134 Å². The van der Waals surface area contributed by atoms with Crippen molar-refractivity contribution in [1.82, 2.24) is 9.97 Å². The van der Waals surface area contributed by atoms with E-state index in [1.54, 1.807) is 18.3 Å². The Bertz CT molecular complexity index is 788. The van der Waals surface area contributed by atoms with E-state index in [4.69, 9.17) is 10.00 Å². The lowest BCUT2D eigenvalue weighted by atomic mass is 10.2. The zero-order valence-corrected chi connectivity index (χ0v) is 12.7. The van der Waals surface area contributed by atoms with Crippen LogP contribution in [0.1, 0.15) is 23.2 Å². The van der Waals surface area contributed by atoms with E-state index in [0.717, 1.165) is 24.3 Å². The van der Waals surface area contributed by atoms with Gasteiger partial charge < -0.3 is 9.64 Å². The first-order valence-electron chi connectivity index (χ1n) is 7.34. The van der Waals surface area contributed by atoms with Gasteiger partial charge in [-0.25, -0.2) is 4.98 Å². The fourth-order valence-corrected chi connectivity index (χ4v) is 2.62. The Kier molecular flexibility index (Phi) is 4.07. The van der Waals surface area contributed by atoms with Crippen LogP contribution in [0.2, 0.25) is 0 Å². The smallest absolute Gasteiger partial charge is 0.213 e. The highest BCUT2D eigenvalue weighted by molar-refractivity contribution is 5.59. The monoisotopic (exact) mass is 305 g/mol. The molecule has 0 aromatic carbocycles. The minimum atomic E-state index is 0.00968. The number of aromatic nitrogens is 2. The quantitative estimate of drug-likeness (QED) is 0.864. The highest BCUT2D eigenvalue weighted by atomic mass is 16.5. The zero-order chi connectivity index (χ0) is 16.2. The number of anilines is 1. The van der Waals surface area contributed by atoms with Gasteiger partial charge in [0.05, 0.1) is 23.4 Å². The van der Waals surface area contributed by atoms with Gasteiger partial charge in [0.2, 0.25) is 5.88 Å². The number of rotatable bonds is 3. The van der Waals surface area contributed by atoms with Crippen LogP contribution in [0.4, 0.5) is 5.69 Å². The van der Waals surface area contributed by atoms with Crippen molar-refractivity contribution in [3.05, 3.63) is 47.4 Å². The average Bonchev–Trinajstić information content (AvgIpc) is 3.04. The molecule has 1 aliphatic heterocycles. The van der Waals surface area contributed by atoms with Crippen molar-refractivity contribution in [1.29, 1.82) is 10.5 Å². The zero-order valence-electron chi connectivity index (χ0n) is 12.7. The van der Waals surface area contributed by atoms with E-state index in [2.05, 4.69) is 20.9 Å². The van der Waals surface area contributed by atoms with Gasteiger partial charge in [-0.05, 0) is 19.1 Å². The molecule has 1 saturated heterocycles. The number of hydrogen-bond donors (Lipinski definition) is 0. The minimum absolute atomic E-state index is 0.00968. The molecule has 3 heterocycles. The highest BCUT2D eigenvalue weighted by Crippen LogP contribution is 2.26. The molecular formula is C17H15N5O. The molecule has 0 N–H and O–H groups in total. The van der Waals surface area contributed by atoms with Crippen LogP contribution in [0.15, 0.2) is 30.6 Å². The van der Waals surface area contributed by atoms with Gasteiger partial charge in [-0.3, -0.25) is 4.98 Å². The maximum absolute atomic E-state index is 9.24. The SMILES string of the molecule is Cc1cc(N2CCC(Oc3ccc(C#N)cn3)C2)c(C#N)cn1. The predicted molar refractivity (Wildman–Crippen MR) is 83.9 cm³/mol. The molecule has 6 nitrogen and oxygen atoms in total. The lowest BCUT2D eigenvalue weighted by Gasteiger charge is -2.20. The van der Waals surface area contributed by atoms with Crippen LogP contribution in [0.25, 0.3) is 0 Å². The van der Waals surface area contributed by atoms with Crippen LogP contribution in [0, 0.1) is 29.6 Å². The van der Waals surface area contributed by atoms with Gasteiger partial charge in [0.15, 0.2) is 0 Å². The first-order valence-corrected chi connectivity index (χ1v) is 7.34.